The van der Waals surface area contributed by atoms with E-state index in [1.165, 1.54) is 0 Å². The highest BCUT2D eigenvalue weighted by Crippen LogP contribution is 2.24. The average molecular weight is 328 g/mol. The molecule has 4 N–H and O–H groups in total. The van der Waals surface area contributed by atoms with Crippen LogP contribution in [0.2, 0.25) is 0 Å². The molecule has 0 aliphatic heterocycles. The van der Waals surface area contributed by atoms with Crippen molar-refractivity contribution in [2.24, 2.45) is 0 Å². The Bertz CT molecular complexity index is 871. The topological polar surface area (TPSA) is 74.8 Å². The summed E-state index contributed by atoms with van der Waals surface area (Å²) < 4.78 is 0. The lowest BCUT2D eigenvalue weighted by molar-refractivity contribution is 0.864. The smallest absolute Gasteiger partial charge is 0.0647 e. The van der Waals surface area contributed by atoms with E-state index in [0.29, 0.717) is 17.9 Å². The van der Waals surface area contributed by atoms with Crippen LogP contribution in [0.4, 0.5) is 5.69 Å². The number of rotatable bonds is 6. The van der Waals surface area contributed by atoms with Gasteiger partial charge < -0.3 is 16.5 Å². The zero-order chi connectivity index (χ0) is 17.5. The quantitative estimate of drug-likeness (QED) is 0.473. The first kappa shape index (κ1) is 16.5. The monoisotopic (exact) mass is 328 g/mol. The van der Waals surface area contributed by atoms with Gasteiger partial charge in [-0.3, -0.25) is 4.98 Å². The van der Waals surface area contributed by atoms with Crippen LogP contribution in [-0.2, 0) is 6.54 Å². The Balaban J connectivity index is 1.70. The molecule has 0 radical (unpaired) electrons. The molecule has 0 atom stereocenters. The Kier molecular flexibility index (Phi) is 5.22. The number of allylic oxidation sites excluding steroid dienone is 1. The van der Waals surface area contributed by atoms with Gasteiger partial charge in [0, 0.05) is 30.2 Å². The number of nitrogens with zero attached hydrogens (tertiary/aromatic N) is 1. The molecule has 2 aromatic carbocycles. The first-order valence-electron chi connectivity index (χ1n) is 8.07. The van der Waals surface area contributed by atoms with E-state index in [1.54, 1.807) is 18.5 Å². The standard InChI is InChI=1S/C21H20N4/c22-20-9-8-18(17-6-2-1-3-7-17)13-19(20)21(23)10-12-25-15-16-5-4-11-24-14-16/h1-14,23,25H,15,22H2/b12-10-,23-21?. The maximum absolute atomic E-state index is 8.29. The molecule has 124 valence electrons. The summed E-state index contributed by atoms with van der Waals surface area (Å²) in [6.07, 6.45) is 7.05. The summed E-state index contributed by atoms with van der Waals surface area (Å²) in [6.45, 7) is 0.664. The average Bonchev–Trinajstić information content (AvgIpc) is 2.67. The second-order valence-corrected chi connectivity index (χ2v) is 5.66. The first-order chi connectivity index (χ1) is 12.2. The molecule has 1 heterocycles. The SMILES string of the molecule is N=C(/C=C\NCc1cccnc1)c1cc(-c2ccccc2)ccc1N. The lowest BCUT2D eigenvalue weighted by Gasteiger charge is -2.08. The number of pyridine rings is 1. The van der Waals surface area contributed by atoms with Crippen molar-refractivity contribution in [3.63, 3.8) is 0 Å². The maximum atomic E-state index is 8.29. The van der Waals surface area contributed by atoms with Gasteiger partial charge in [-0.2, -0.15) is 0 Å². The molecule has 0 saturated heterocycles. The van der Waals surface area contributed by atoms with Crippen molar-refractivity contribution < 1.29 is 0 Å². The predicted molar refractivity (Wildman–Crippen MR) is 103 cm³/mol. The molecule has 0 bridgehead atoms. The molecular weight excluding hydrogens is 308 g/mol. The van der Waals surface area contributed by atoms with Crippen LogP contribution in [0.5, 0.6) is 0 Å². The summed E-state index contributed by atoms with van der Waals surface area (Å²) in [7, 11) is 0. The van der Waals surface area contributed by atoms with Gasteiger partial charge in [-0.25, -0.2) is 0 Å². The van der Waals surface area contributed by atoms with Crippen molar-refractivity contribution in [3.05, 3.63) is 96.5 Å². The number of nitrogens with one attached hydrogen (secondary N) is 2. The van der Waals surface area contributed by atoms with Crippen LogP contribution in [0.15, 0.2) is 85.3 Å². The predicted octanol–water partition coefficient (Wildman–Crippen LogP) is 4.00. The van der Waals surface area contributed by atoms with Crippen molar-refractivity contribution in [2.75, 3.05) is 5.73 Å². The molecule has 25 heavy (non-hydrogen) atoms. The van der Waals surface area contributed by atoms with Gasteiger partial charge in [-0.1, -0.05) is 42.5 Å². The van der Waals surface area contributed by atoms with Crippen LogP contribution in [0.25, 0.3) is 11.1 Å². The summed E-state index contributed by atoms with van der Waals surface area (Å²) in [6, 6.07) is 19.8. The third kappa shape index (κ3) is 4.32. The molecule has 0 aliphatic rings. The highest BCUT2D eigenvalue weighted by Gasteiger charge is 2.06. The molecule has 0 saturated carbocycles. The van der Waals surface area contributed by atoms with Gasteiger partial charge in [0.05, 0.1) is 5.71 Å². The van der Waals surface area contributed by atoms with E-state index in [0.717, 1.165) is 22.3 Å². The minimum Gasteiger partial charge on any atom is -0.398 e. The minimum atomic E-state index is 0.369. The zero-order valence-corrected chi connectivity index (χ0v) is 13.8. The van der Waals surface area contributed by atoms with Crippen molar-refractivity contribution >= 4 is 11.4 Å². The molecule has 3 aromatic rings. The fraction of sp³-hybridized carbons (Fsp3) is 0.0476. The number of hydrogen-bond acceptors (Lipinski definition) is 4. The van der Waals surface area contributed by atoms with Crippen LogP contribution in [0.1, 0.15) is 11.1 Å². The summed E-state index contributed by atoms with van der Waals surface area (Å²) in [4.78, 5) is 4.07. The van der Waals surface area contributed by atoms with Crippen LogP contribution < -0.4 is 11.1 Å². The fourth-order valence-electron chi connectivity index (χ4n) is 2.51. The fourth-order valence-corrected chi connectivity index (χ4v) is 2.51. The molecule has 0 aliphatic carbocycles. The van der Waals surface area contributed by atoms with Crippen LogP contribution in [0.3, 0.4) is 0 Å². The Morgan fingerprint density at radius 3 is 2.64 bits per heavy atom. The van der Waals surface area contributed by atoms with Gasteiger partial charge in [0.15, 0.2) is 0 Å². The Morgan fingerprint density at radius 2 is 1.88 bits per heavy atom. The number of benzene rings is 2. The van der Waals surface area contributed by atoms with E-state index >= 15 is 0 Å². The Labute approximate surface area is 147 Å². The summed E-state index contributed by atoms with van der Waals surface area (Å²) in [5.41, 5.74) is 11.0. The molecular formula is C21H20N4. The highest BCUT2D eigenvalue weighted by molar-refractivity contribution is 6.10. The Morgan fingerprint density at radius 1 is 1.04 bits per heavy atom. The highest BCUT2D eigenvalue weighted by atomic mass is 14.8. The van der Waals surface area contributed by atoms with Crippen molar-refractivity contribution in [3.8, 4) is 11.1 Å². The molecule has 4 nitrogen and oxygen atoms in total. The summed E-state index contributed by atoms with van der Waals surface area (Å²) in [5.74, 6) is 0. The van der Waals surface area contributed by atoms with Crippen molar-refractivity contribution in [2.45, 2.75) is 6.54 Å². The maximum Gasteiger partial charge on any atom is 0.0647 e. The van der Waals surface area contributed by atoms with E-state index in [9.17, 15) is 0 Å². The third-order valence-corrected chi connectivity index (χ3v) is 3.85. The number of nitrogen functional groups attached to an aromatic ring is 1. The van der Waals surface area contributed by atoms with Gasteiger partial charge >= 0.3 is 0 Å². The molecule has 3 rings (SSSR count). The molecule has 1 aromatic heterocycles. The van der Waals surface area contributed by atoms with Gasteiger partial charge in [0.1, 0.15) is 0 Å². The van der Waals surface area contributed by atoms with E-state index < -0.39 is 0 Å². The minimum absolute atomic E-state index is 0.369. The van der Waals surface area contributed by atoms with E-state index in [2.05, 4.69) is 10.3 Å². The number of nitrogens with two attached hydrogens (primary N) is 1. The summed E-state index contributed by atoms with van der Waals surface area (Å²) >= 11 is 0. The second kappa shape index (κ2) is 7.93. The molecule has 0 spiro atoms. The molecule has 0 unspecified atom stereocenters. The van der Waals surface area contributed by atoms with Crippen LogP contribution in [-0.4, -0.2) is 10.7 Å². The van der Waals surface area contributed by atoms with Crippen LogP contribution in [0, 0.1) is 5.41 Å². The Hall–Kier alpha value is -3.40. The normalized spacial score (nSPS) is 10.7. The molecule has 0 fully saturated rings. The number of anilines is 1. The van der Waals surface area contributed by atoms with Crippen molar-refractivity contribution in [1.82, 2.24) is 10.3 Å². The summed E-state index contributed by atoms with van der Waals surface area (Å²) in [5, 5.41) is 11.5. The largest absolute Gasteiger partial charge is 0.398 e. The van der Waals surface area contributed by atoms with Gasteiger partial charge in [-0.15, -0.1) is 0 Å². The molecule has 4 heteroatoms. The van der Waals surface area contributed by atoms with E-state index in [-0.39, 0.29) is 0 Å². The van der Waals surface area contributed by atoms with E-state index in [1.807, 2.05) is 66.9 Å². The molecule has 0 amide bonds. The second-order valence-electron chi connectivity index (χ2n) is 5.66. The van der Waals surface area contributed by atoms with Crippen LogP contribution >= 0.6 is 0 Å². The van der Waals surface area contributed by atoms with Gasteiger partial charge in [-0.05, 0) is 47.2 Å². The van der Waals surface area contributed by atoms with Gasteiger partial charge in [0.25, 0.3) is 0 Å². The number of hydrogen-bond donors (Lipinski definition) is 3. The number of aromatic nitrogens is 1. The van der Waals surface area contributed by atoms with Crippen molar-refractivity contribution in [1.29, 1.82) is 5.41 Å². The third-order valence-electron chi connectivity index (χ3n) is 3.85. The lowest BCUT2D eigenvalue weighted by Crippen LogP contribution is -2.07. The first-order valence-corrected chi connectivity index (χ1v) is 8.07. The lowest BCUT2D eigenvalue weighted by atomic mass is 9.99. The van der Waals surface area contributed by atoms with Gasteiger partial charge in [0.2, 0.25) is 0 Å². The zero-order valence-electron chi connectivity index (χ0n) is 13.8. The van der Waals surface area contributed by atoms with E-state index in [4.69, 9.17) is 11.1 Å².